The first kappa shape index (κ1) is 14.4. The first-order valence-electron chi connectivity index (χ1n) is 6.13. The van der Waals surface area contributed by atoms with Crippen LogP contribution in [0.5, 0.6) is 0 Å². The third-order valence-corrected chi connectivity index (χ3v) is 4.61. The van der Waals surface area contributed by atoms with E-state index < -0.39 is 11.6 Å². The summed E-state index contributed by atoms with van der Waals surface area (Å²) in [6, 6.07) is 10.1. The lowest BCUT2D eigenvalue weighted by Crippen LogP contribution is -2.23. The summed E-state index contributed by atoms with van der Waals surface area (Å²) in [5.41, 5.74) is 0.276. The van der Waals surface area contributed by atoms with Gasteiger partial charge < -0.3 is 0 Å². The lowest BCUT2D eigenvalue weighted by Gasteiger charge is -2.21. The number of nitrogens with zero attached hydrogens (tertiary/aromatic N) is 2. The molecule has 0 spiro atoms. The fraction of sp³-hybridized carbons (Fsp3) is 0. The van der Waals surface area contributed by atoms with Crippen molar-refractivity contribution in [3.05, 3.63) is 57.6 Å². The highest BCUT2D eigenvalue weighted by Crippen LogP contribution is 2.38. The molecule has 4 nitrogen and oxygen atoms in total. The standard InChI is InChI=1S/C16H6N2O2S2/c17-5-9-10(6-18)15(21)16(22)12-11(9)13(19)7-3-1-2-4-8(7)14(12)20/h1-4,21-22H. The summed E-state index contributed by atoms with van der Waals surface area (Å²) in [5, 5.41) is 18.6. The van der Waals surface area contributed by atoms with Crippen molar-refractivity contribution in [1.29, 1.82) is 10.5 Å². The Kier molecular flexibility index (Phi) is 3.29. The quantitative estimate of drug-likeness (QED) is 0.624. The fourth-order valence-corrected chi connectivity index (χ4v) is 3.14. The SMILES string of the molecule is N#Cc1c(S)c(S)c2c(c1C#N)C(=O)c1ccccc1C2=O. The average Bonchev–Trinajstić information content (AvgIpc) is 2.54. The Hall–Kier alpha value is -2.54. The van der Waals surface area contributed by atoms with Crippen molar-refractivity contribution < 1.29 is 9.59 Å². The molecule has 0 N–H and O–H groups in total. The smallest absolute Gasteiger partial charge is 0.195 e. The van der Waals surface area contributed by atoms with Crippen LogP contribution < -0.4 is 0 Å². The van der Waals surface area contributed by atoms with Gasteiger partial charge in [-0.1, -0.05) is 24.3 Å². The van der Waals surface area contributed by atoms with E-state index in [-0.39, 0.29) is 43.2 Å². The molecular weight excluding hydrogens is 316 g/mol. The molecule has 2 aromatic rings. The molecule has 0 bridgehead atoms. The van der Waals surface area contributed by atoms with Gasteiger partial charge in [-0.15, -0.1) is 25.3 Å². The number of nitriles is 2. The van der Waals surface area contributed by atoms with Crippen LogP contribution in [0, 0.1) is 22.7 Å². The molecule has 6 heteroatoms. The number of carbonyl (C=O) groups excluding carboxylic acids is 2. The highest BCUT2D eigenvalue weighted by Gasteiger charge is 2.36. The van der Waals surface area contributed by atoms with Gasteiger partial charge in [0.25, 0.3) is 0 Å². The van der Waals surface area contributed by atoms with Crippen LogP contribution in [0.1, 0.15) is 43.0 Å². The summed E-state index contributed by atoms with van der Waals surface area (Å²) in [6.45, 7) is 0. The van der Waals surface area contributed by atoms with E-state index >= 15 is 0 Å². The van der Waals surface area contributed by atoms with E-state index in [9.17, 15) is 20.1 Å². The number of rotatable bonds is 0. The maximum Gasteiger partial charge on any atom is 0.195 e. The Bertz CT molecular complexity index is 966. The molecule has 104 valence electrons. The Balaban J connectivity index is 2.52. The number of carbonyl (C=O) groups is 2. The van der Waals surface area contributed by atoms with Crippen LogP contribution in [0.3, 0.4) is 0 Å². The second-order valence-electron chi connectivity index (χ2n) is 4.62. The number of hydrogen-bond donors (Lipinski definition) is 2. The molecule has 0 aliphatic heterocycles. The van der Waals surface area contributed by atoms with Gasteiger partial charge >= 0.3 is 0 Å². The number of fused-ring (bicyclic) bond motifs is 2. The number of benzene rings is 2. The summed E-state index contributed by atoms with van der Waals surface area (Å²) in [4.78, 5) is 25.6. The normalized spacial score (nSPS) is 12.2. The Labute approximate surface area is 136 Å². The Morgan fingerprint density at radius 2 is 1.27 bits per heavy atom. The van der Waals surface area contributed by atoms with E-state index in [2.05, 4.69) is 25.3 Å². The molecule has 1 aliphatic rings. The minimum Gasteiger partial charge on any atom is -0.289 e. The number of ketones is 2. The van der Waals surface area contributed by atoms with Crippen molar-refractivity contribution in [1.82, 2.24) is 0 Å². The maximum atomic E-state index is 12.7. The molecule has 0 heterocycles. The van der Waals surface area contributed by atoms with Gasteiger partial charge in [-0.3, -0.25) is 9.59 Å². The molecule has 1 aliphatic carbocycles. The van der Waals surface area contributed by atoms with Gasteiger partial charge in [-0.25, -0.2) is 0 Å². The molecular formula is C16H6N2O2S2. The fourth-order valence-electron chi connectivity index (χ4n) is 2.54. The van der Waals surface area contributed by atoms with Crippen LogP contribution >= 0.6 is 25.3 Å². The summed E-state index contributed by atoms with van der Waals surface area (Å²) >= 11 is 8.42. The Morgan fingerprint density at radius 1 is 0.773 bits per heavy atom. The van der Waals surface area contributed by atoms with Gasteiger partial charge in [0.15, 0.2) is 11.6 Å². The first-order valence-corrected chi connectivity index (χ1v) is 7.02. The van der Waals surface area contributed by atoms with Crippen molar-refractivity contribution in [3.8, 4) is 12.1 Å². The highest BCUT2D eigenvalue weighted by molar-refractivity contribution is 7.83. The van der Waals surface area contributed by atoms with Crippen molar-refractivity contribution in [3.63, 3.8) is 0 Å². The van der Waals surface area contributed by atoms with Gasteiger partial charge in [0, 0.05) is 26.5 Å². The molecule has 0 saturated carbocycles. The van der Waals surface area contributed by atoms with Crippen LogP contribution in [-0.2, 0) is 0 Å². The first-order chi connectivity index (χ1) is 10.5. The predicted molar refractivity (Wildman–Crippen MR) is 83.7 cm³/mol. The van der Waals surface area contributed by atoms with E-state index in [4.69, 9.17) is 0 Å². The summed E-state index contributed by atoms with van der Waals surface area (Å²) in [5.74, 6) is -0.853. The molecule has 0 unspecified atom stereocenters. The second-order valence-corrected chi connectivity index (χ2v) is 5.52. The van der Waals surface area contributed by atoms with E-state index in [1.54, 1.807) is 18.2 Å². The zero-order chi connectivity index (χ0) is 16.0. The summed E-state index contributed by atoms with van der Waals surface area (Å²) < 4.78 is 0. The molecule has 22 heavy (non-hydrogen) atoms. The highest BCUT2D eigenvalue weighted by atomic mass is 32.1. The van der Waals surface area contributed by atoms with Gasteiger partial charge in [-0.05, 0) is 0 Å². The lowest BCUT2D eigenvalue weighted by molar-refractivity contribution is 0.0976. The minimum atomic E-state index is -0.457. The molecule has 0 radical (unpaired) electrons. The van der Waals surface area contributed by atoms with Crippen molar-refractivity contribution in [2.75, 3.05) is 0 Å². The third kappa shape index (κ3) is 1.72. The molecule has 0 atom stereocenters. The van der Waals surface area contributed by atoms with E-state index in [1.165, 1.54) is 6.07 Å². The zero-order valence-corrected chi connectivity index (χ0v) is 12.7. The van der Waals surface area contributed by atoms with Crippen LogP contribution in [0.4, 0.5) is 0 Å². The topological polar surface area (TPSA) is 81.7 Å². The zero-order valence-electron chi connectivity index (χ0n) is 10.9. The molecule has 0 saturated heterocycles. The van der Waals surface area contributed by atoms with E-state index in [0.29, 0.717) is 0 Å². The minimum absolute atomic E-state index is 0.0348. The third-order valence-electron chi connectivity index (χ3n) is 3.54. The van der Waals surface area contributed by atoms with Crippen LogP contribution in [0.2, 0.25) is 0 Å². The molecule has 3 rings (SSSR count). The largest absolute Gasteiger partial charge is 0.289 e. The molecule has 0 aromatic heterocycles. The Morgan fingerprint density at radius 3 is 1.77 bits per heavy atom. The van der Waals surface area contributed by atoms with E-state index in [0.717, 1.165) is 0 Å². The summed E-state index contributed by atoms with van der Waals surface area (Å²) in [7, 11) is 0. The molecule has 0 fully saturated rings. The van der Waals surface area contributed by atoms with Crippen LogP contribution in [-0.4, -0.2) is 11.6 Å². The predicted octanol–water partition coefficient (Wildman–Crippen LogP) is 2.78. The average molecular weight is 322 g/mol. The van der Waals surface area contributed by atoms with Crippen molar-refractivity contribution in [2.24, 2.45) is 0 Å². The van der Waals surface area contributed by atoms with Gasteiger partial charge in [0.05, 0.1) is 16.7 Å². The van der Waals surface area contributed by atoms with Gasteiger partial charge in [0.1, 0.15) is 12.1 Å². The summed E-state index contributed by atoms with van der Waals surface area (Å²) in [6.07, 6.45) is 0. The van der Waals surface area contributed by atoms with Crippen molar-refractivity contribution >= 4 is 36.8 Å². The van der Waals surface area contributed by atoms with Crippen LogP contribution in [0.25, 0.3) is 0 Å². The van der Waals surface area contributed by atoms with Gasteiger partial charge in [0.2, 0.25) is 0 Å². The second kappa shape index (κ2) is 5.03. The monoisotopic (exact) mass is 322 g/mol. The lowest BCUT2D eigenvalue weighted by atomic mass is 9.80. The number of thiol groups is 2. The number of hydrogen-bond acceptors (Lipinski definition) is 6. The van der Waals surface area contributed by atoms with Gasteiger partial charge in [-0.2, -0.15) is 10.5 Å². The molecule has 2 aromatic carbocycles. The maximum absolute atomic E-state index is 12.7. The molecule has 0 amide bonds. The van der Waals surface area contributed by atoms with Crippen molar-refractivity contribution in [2.45, 2.75) is 9.79 Å². The van der Waals surface area contributed by atoms with Crippen LogP contribution in [0.15, 0.2) is 34.1 Å². The van der Waals surface area contributed by atoms with E-state index in [1.807, 2.05) is 12.1 Å².